The lowest BCUT2D eigenvalue weighted by Crippen LogP contribution is -2.32. The molecule has 1 aromatic rings. The summed E-state index contributed by atoms with van der Waals surface area (Å²) in [6.07, 6.45) is 1.46. The fourth-order valence-corrected chi connectivity index (χ4v) is 1.35. The van der Waals surface area contributed by atoms with Crippen LogP contribution in [0.2, 0.25) is 0 Å². The van der Waals surface area contributed by atoms with Gasteiger partial charge in [0.05, 0.1) is 12.8 Å². The van der Waals surface area contributed by atoms with Crippen LogP contribution < -0.4 is 10.6 Å². The van der Waals surface area contributed by atoms with Crippen molar-refractivity contribution in [2.75, 3.05) is 33.4 Å². The van der Waals surface area contributed by atoms with Gasteiger partial charge in [0.1, 0.15) is 4.88 Å². The number of nitrogens with one attached hydrogen (secondary N) is 2. The molecular formula is C8H14N4O2S. The van der Waals surface area contributed by atoms with E-state index in [0.717, 1.165) is 24.6 Å². The van der Waals surface area contributed by atoms with Crippen LogP contribution >= 0.6 is 11.5 Å². The van der Waals surface area contributed by atoms with E-state index in [2.05, 4.69) is 20.2 Å². The summed E-state index contributed by atoms with van der Waals surface area (Å²) in [5.74, 6) is -0.126. The molecule has 0 saturated heterocycles. The normalized spacial score (nSPS) is 10.2. The Morgan fingerprint density at radius 1 is 1.53 bits per heavy atom. The first-order valence-electron chi connectivity index (χ1n) is 4.60. The van der Waals surface area contributed by atoms with Gasteiger partial charge in [0.25, 0.3) is 5.91 Å². The van der Waals surface area contributed by atoms with Gasteiger partial charge in [-0.1, -0.05) is 4.49 Å². The van der Waals surface area contributed by atoms with Gasteiger partial charge < -0.3 is 15.4 Å². The summed E-state index contributed by atoms with van der Waals surface area (Å²) in [5, 5.41) is 9.46. The van der Waals surface area contributed by atoms with E-state index in [9.17, 15) is 4.79 Å². The summed E-state index contributed by atoms with van der Waals surface area (Å²) < 4.78 is 8.47. The molecule has 1 rings (SSSR count). The van der Waals surface area contributed by atoms with E-state index < -0.39 is 0 Å². The largest absolute Gasteiger partial charge is 0.383 e. The molecular weight excluding hydrogens is 216 g/mol. The lowest BCUT2D eigenvalue weighted by atomic mass is 10.5. The van der Waals surface area contributed by atoms with Gasteiger partial charge in [0.15, 0.2) is 0 Å². The van der Waals surface area contributed by atoms with Crippen LogP contribution in [-0.4, -0.2) is 48.8 Å². The zero-order chi connectivity index (χ0) is 10.9. The Morgan fingerprint density at radius 3 is 3.07 bits per heavy atom. The fraction of sp³-hybridized carbons (Fsp3) is 0.625. The minimum atomic E-state index is -0.126. The van der Waals surface area contributed by atoms with E-state index in [1.54, 1.807) is 7.11 Å². The van der Waals surface area contributed by atoms with Crippen LogP contribution in [0.3, 0.4) is 0 Å². The van der Waals surface area contributed by atoms with E-state index in [1.165, 1.54) is 6.20 Å². The number of hydrogen-bond acceptors (Lipinski definition) is 6. The Hall–Kier alpha value is -1.05. The van der Waals surface area contributed by atoms with Crippen LogP contribution in [0.5, 0.6) is 0 Å². The van der Waals surface area contributed by atoms with Gasteiger partial charge in [-0.05, 0) is 11.5 Å². The molecule has 0 radical (unpaired) electrons. The number of hydrogen-bond donors (Lipinski definition) is 2. The van der Waals surface area contributed by atoms with E-state index in [-0.39, 0.29) is 5.91 Å². The fourth-order valence-electron chi connectivity index (χ4n) is 0.918. The molecule has 1 amide bonds. The quantitative estimate of drug-likeness (QED) is 0.618. The maximum Gasteiger partial charge on any atom is 0.264 e. The highest BCUT2D eigenvalue weighted by molar-refractivity contribution is 7.07. The number of nitrogens with zero attached hydrogens (tertiary/aromatic N) is 2. The van der Waals surface area contributed by atoms with E-state index in [4.69, 9.17) is 4.74 Å². The lowest BCUT2D eigenvalue weighted by Gasteiger charge is -2.04. The molecule has 84 valence electrons. The van der Waals surface area contributed by atoms with Crippen molar-refractivity contribution in [1.82, 2.24) is 20.2 Å². The monoisotopic (exact) mass is 230 g/mol. The molecule has 15 heavy (non-hydrogen) atoms. The Bertz CT molecular complexity index is 278. The molecule has 0 aromatic carbocycles. The zero-order valence-corrected chi connectivity index (χ0v) is 9.34. The molecule has 1 aromatic heterocycles. The third-order valence-corrected chi connectivity index (χ3v) is 2.32. The minimum absolute atomic E-state index is 0.126. The topological polar surface area (TPSA) is 76.1 Å². The molecule has 0 aliphatic carbocycles. The highest BCUT2D eigenvalue weighted by Gasteiger charge is 2.06. The second kappa shape index (κ2) is 7.27. The van der Waals surface area contributed by atoms with Crippen molar-refractivity contribution >= 4 is 17.4 Å². The average molecular weight is 230 g/mol. The SMILES string of the molecule is COCCNCCNC(=O)c1cnns1. The van der Waals surface area contributed by atoms with Crippen LogP contribution in [0.1, 0.15) is 9.67 Å². The van der Waals surface area contributed by atoms with Crippen molar-refractivity contribution in [3.05, 3.63) is 11.1 Å². The zero-order valence-electron chi connectivity index (χ0n) is 8.52. The Balaban J connectivity index is 2.03. The number of aromatic nitrogens is 2. The molecule has 0 unspecified atom stereocenters. The van der Waals surface area contributed by atoms with Crippen molar-refractivity contribution < 1.29 is 9.53 Å². The summed E-state index contributed by atoms with van der Waals surface area (Å²) >= 11 is 1.09. The summed E-state index contributed by atoms with van der Waals surface area (Å²) in [6, 6.07) is 0. The van der Waals surface area contributed by atoms with Crippen molar-refractivity contribution in [1.29, 1.82) is 0 Å². The first-order chi connectivity index (χ1) is 7.34. The van der Waals surface area contributed by atoms with Crippen LogP contribution in [0.15, 0.2) is 6.20 Å². The first-order valence-corrected chi connectivity index (χ1v) is 5.37. The summed E-state index contributed by atoms with van der Waals surface area (Å²) in [7, 11) is 1.65. The predicted octanol–water partition coefficient (Wildman–Crippen LogP) is -0.496. The minimum Gasteiger partial charge on any atom is -0.383 e. The number of amides is 1. The number of rotatable bonds is 7. The highest BCUT2D eigenvalue weighted by Crippen LogP contribution is 1.99. The molecule has 0 saturated carbocycles. The van der Waals surface area contributed by atoms with E-state index >= 15 is 0 Å². The first kappa shape index (κ1) is 12.0. The molecule has 2 N–H and O–H groups in total. The number of methoxy groups -OCH3 is 1. The van der Waals surface area contributed by atoms with Gasteiger partial charge in [-0.3, -0.25) is 4.79 Å². The molecule has 0 aliphatic rings. The van der Waals surface area contributed by atoms with Gasteiger partial charge in [-0.2, -0.15) is 0 Å². The van der Waals surface area contributed by atoms with Crippen LogP contribution in [-0.2, 0) is 4.74 Å². The Labute approximate surface area is 92.2 Å². The van der Waals surface area contributed by atoms with E-state index in [1.807, 2.05) is 0 Å². The Morgan fingerprint density at radius 2 is 2.40 bits per heavy atom. The third-order valence-electron chi connectivity index (χ3n) is 1.66. The lowest BCUT2D eigenvalue weighted by molar-refractivity contribution is 0.0957. The van der Waals surface area contributed by atoms with Crippen LogP contribution in [0, 0.1) is 0 Å². The van der Waals surface area contributed by atoms with Crippen molar-refractivity contribution in [2.24, 2.45) is 0 Å². The molecule has 0 atom stereocenters. The number of carbonyl (C=O) groups excluding carboxylic acids is 1. The maximum atomic E-state index is 11.4. The second-order valence-electron chi connectivity index (χ2n) is 2.78. The van der Waals surface area contributed by atoms with Gasteiger partial charge in [-0.25, -0.2) is 0 Å². The molecule has 0 fully saturated rings. The number of carbonyl (C=O) groups is 1. The van der Waals surface area contributed by atoms with Crippen LogP contribution in [0.25, 0.3) is 0 Å². The van der Waals surface area contributed by atoms with Crippen molar-refractivity contribution in [3.63, 3.8) is 0 Å². The van der Waals surface area contributed by atoms with Gasteiger partial charge >= 0.3 is 0 Å². The highest BCUT2D eigenvalue weighted by atomic mass is 32.1. The van der Waals surface area contributed by atoms with Gasteiger partial charge in [-0.15, -0.1) is 5.10 Å². The number of ether oxygens (including phenoxy) is 1. The van der Waals surface area contributed by atoms with Gasteiger partial charge in [0.2, 0.25) is 0 Å². The van der Waals surface area contributed by atoms with Gasteiger partial charge in [0, 0.05) is 26.7 Å². The molecule has 7 heteroatoms. The molecule has 0 spiro atoms. The van der Waals surface area contributed by atoms with Crippen LogP contribution in [0.4, 0.5) is 0 Å². The van der Waals surface area contributed by atoms with E-state index in [0.29, 0.717) is 18.0 Å². The van der Waals surface area contributed by atoms with Crippen molar-refractivity contribution in [3.8, 4) is 0 Å². The maximum absolute atomic E-state index is 11.4. The second-order valence-corrected chi connectivity index (χ2v) is 3.57. The summed E-state index contributed by atoms with van der Waals surface area (Å²) in [4.78, 5) is 11.9. The third kappa shape index (κ3) is 4.82. The standard InChI is InChI=1S/C8H14N4O2S/c1-14-5-4-9-2-3-10-8(13)7-6-11-12-15-7/h6,9H,2-5H2,1H3,(H,10,13). The predicted molar refractivity (Wildman–Crippen MR) is 57.0 cm³/mol. The average Bonchev–Trinajstić information content (AvgIpc) is 2.76. The summed E-state index contributed by atoms with van der Waals surface area (Å²) in [6.45, 7) is 2.77. The molecule has 6 nitrogen and oxygen atoms in total. The Kier molecular flexibility index (Phi) is 5.83. The molecule has 0 aliphatic heterocycles. The van der Waals surface area contributed by atoms with Crippen molar-refractivity contribution in [2.45, 2.75) is 0 Å². The molecule has 0 bridgehead atoms. The molecule has 1 heterocycles. The summed E-state index contributed by atoms with van der Waals surface area (Å²) in [5.41, 5.74) is 0. The smallest absolute Gasteiger partial charge is 0.264 e.